The monoisotopic (exact) mass is 665 g/mol. The molecule has 5 atom stereocenters. The molecular formula is C22H26Br2N3O9P. The van der Waals surface area contributed by atoms with Crippen LogP contribution in [-0.2, 0) is 23.4 Å². The second kappa shape index (κ2) is 12.2. The van der Waals surface area contributed by atoms with Crippen molar-refractivity contribution in [1.82, 2.24) is 14.6 Å². The molecule has 0 amide bonds. The summed E-state index contributed by atoms with van der Waals surface area (Å²) in [7, 11) is -4.30. The number of nitrogens with zero attached hydrogens (tertiary/aromatic N) is 1. The van der Waals surface area contributed by atoms with Crippen LogP contribution < -0.4 is 20.9 Å². The van der Waals surface area contributed by atoms with Gasteiger partial charge in [-0.3, -0.25) is 18.9 Å². The number of rotatable bonds is 11. The summed E-state index contributed by atoms with van der Waals surface area (Å²) in [6.07, 6.45) is -1.64. The van der Waals surface area contributed by atoms with Crippen molar-refractivity contribution in [3.63, 3.8) is 0 Å². The standard InChI is InChI=1S/C22H26Br2N3O9P/c1-4-15(19(30)34-13(2)3)26-37(32,36-14-8-6-5-7-9-14)33-12-16-18(29)22(23,24)20(35-16)27-11-10-17(28)25-21(27)31/h4-11,13,15-16,18,20,29H,1,12H2,2-3H3,(H,26,32)(H,25,28,31)/t15-,16+,18+,20+,37-/m0/s1. The van der Waals surface area contributed by atoms with Gasteiger partial charge in [-0.05, 0) is 26.0 Å². The summed E-state index contributed by atoms with van der Waals surface area (Å²) < 4.78 is 35.6. The zero-order chi connectivity index (χ0) is 27.4. The van der Waals surface area contributed by atoms with Gasteiger partial charge >= 0.3 is 19.4 Å². The molecule has 2 heterocycles. The summed E-state index contributed by atoms with van der Waals surface area (Å²) in [4.78, 5) is 38.3. The molecule has 1 fully saturated rings. The summed E-state index contributed by atoms with van der Waals surface area (Å²) in [6.45, 7) is 6.40. The average molecular weight is 667 g/mol. The fourth-order valence-corrected chi connectivity index (χ4v) is 6.00. The van der Waals surface area contributed by atoms with Gasteiger partial charge in [0, 0.05) is 12.3 Å². The van der Waals surface area contributed by atoms with Crippen LogP contribution in [0.1, 0.15) is 20.1 Å². The topological polar surface area (TPSA) is 158 Å². The smallest absolute Gasteiger partial charge is 0.459 e. The number of benzene rings is 1. The molecule has 0 radical (unpaired) electrons. The summed E-state index contributed by atoms with van der Waals surface area (Å²) >= 11 is 6.63. The van der Waals surface area contributed by atoms with Gasteiger partial charge in [0.15, 0.2) is 9.46 Å². The lowest BCUT2D eigenvalue weighted by atomic mass is 10.2. The highest BCUT2D eigenvalue weighted by atomic mass is 79.9. The van der Waals surface area contributed by atoms with Crippen LogP contribution in [0.3, 0.4) is 0 Å². The molecule has 37 heavy (non-hydrogen) atoms. The lowest BCUT2D eigenvalue weighted by molar-refractivity contribution is -0.148. The molecule has 15 heteroatoms. The van der Waals surface area contributed by atoms with E-state index in [0.717, 1.165) is 10.6 Å². The quantitative estimate of drug-likeness (QED) is 0.141. The molecule has 1 aromatic carbocycles. The molecule has 3 N–H and O–H groups in total. The maximum absolute atomic E-state index is 13.7. The van der Waals surface area contributed by atoms with Crippen molar-refractivity contribution in [1.29, 1.82) is 0 Å². The average Bonchev–Trinajstić information content (AvgIpc) is 3.05. The van der Waals surface area contributed by atoms with Gasteiger partial charge in [-0.2, -0.15) is 5.09 Å². The number of H-pyrrole nitrogens is 1. The first-order valence-corrected chi connectivity index (χ1v) is 14.1. The van der Waals surface area contributed by atoms with Gasteiger partial charge in [-0.25, -0.2) is 14.2 Å². The highest BCUT2D eigenvalue weighted by Crippen LogP contribution is 2.51. The van der Waals surface area contributed by atoms with Gasteiger partial charge in [-0.1, -0.05) is 56.1 Å². The Bertz CT molecular complexity index is 1270. The number of halogens is 2. The minimum Gasteiger partial charge on any atom is -0.462 e. The Hall–Kier alpha value is -2.06. The molecule has 0 spiro atoms. The molecule has 202 valence electrons. The third kappa shape index (κ3) is 7.29. The van der Waals surface area contributed by atoms with Crippen molar-refractivity contribution in [3.8, 4) is 5.75 Å². The van der Waals surface area contributed by atoms with Gasteiger partial charge in [-0.15, -0.1) is 6.58 Å². The van der Waals surface area contributed by atoms with E-state index >= 15 is 0 Å². The zero-order valence-electron chi connectivity index (χ0n) is 19.8. The van der Waals surface area contributed by atoms with Crippen LogP contribution in [0.15, 0.2) is 64.8 Å². The molecule has 1 aliphatic rings. The number of esters is 1. The molecule has 1 aromatic heterocycles. The fourth-order valence-electron chi connectivity index (χ4n) is 3.28. The summed E-state index contributed by atoms with van der Waals surface area (Å²) in [6, 6.07) is 7.98. The van der Waals surface area contributed by atoms with Gasteiger partial charge in [0.1, 0.15) is 24.0 Å². The molecule has 1 aliphatic heterocycles. The largest absolute Gasteiger partial charge is 0.462 e. The highest BCUT2D eigenvalue weighted by molar-refractivity contribution is 9.25. The molecule has 12 nitrogen and oxygen atoms in total. The van der Waals surface area contributed by atoms with Gasteiger partial charge < -0.3 is 19.1 Å². The van der Waals surface area contributed by atoms with Crippen LogP contribution in [0.2, 0.25) is 0 Å². The molecule has 0 unspecified atom stereocenters. The molecule has 3 rings (SSSR count). The molecule has 0 bridgehead atoms. The predicted molar refractivity (Wildman–Crippen MR) is 141 cm³/mol. The van der Waals surface area contributed by atoms with Crippen molar-refractivity contribution >= 4 is 45.6 Å². The summed E-state index contributed by atoms with van der Waals surface area (Å²) in [5.74, 6) is -0.570. The van der Waals surface area contributed by atoms with Crippen molar-refractivity contribution < 1.29 is 33.0 Å². The minimum atomic E-state index is -4.30. The minimum absolute atomic E-state index is 0.180. The summed E-state index contributed by atoms with van der Waals surface area (Å²) in [5, 5.41) is 13.4. The fraction of sp³-hybridized carbons (Fsp3) is 0.409. The van der Waals surface area contributed by atoms with Crippen molar-refractivity contribution in [2.45, 2.75) is 47.7 Å². The van der Waals surface area contributed by atoms with Crippen LogP contribution in [0.4, 0.5) is 0 Å². The van der Waals surface area contributed by atoms with Crippen LogP contribution in [0.5, 0.6) is 5.75 Å². The second-order valence-corrected chi connectivity index (χ2v) is 13.6. The van der Waals surface area contributed by atoms with E-state index in [1.54, 1.807) is 32.0 Å². The number of para-hydroxylation sites is 1. The van der Waals surface area contributed by atoms with E-state index < -0.39 is 65.4 Å². The number of aromatic nitrogens is 2. The number of carbonyl (C=O) groups excluding carboxylic acids is 1. The van der Waals surface area contributed by atoms with Crippen molar-refractivity contribution in [3.05, 3.63) is 76.1 Å². The van der Waals surface area contributed by atoms with E-state index in [1.165, 1.54) is 24.4 Å². The molecule has 2 aromatic rings. The second-order valence-electron chi connectivity index (χ2n) is 8.19. The number of aromatic amines is 1. The number of nitrogens with one attached hydrogen (secondary N) is 2. The molecule has 0 saturated carbocycles. The van der Waals surface area contributed by atoms with E-state index in [1.807, 2.05) is 0 Å². The number of carbonyl (C=O) groups is 1. The van der Waals surface area contributed by atoms with Gasteiger partial charge in [0.2, 0.25) is 0 Å². The van der Waals surface area contributed by atoms with E-state index in [2.05, 4.69) is 48.5 Å². The maximum atomic E-state index is 13.7. The van der Waals surface area contributed by atoms with Crippen LogP contribution in [-0.4, -0.2) is 54.8 Å². The third-order valence-electron chi connectivity index (χ3n) is 5.00. The number of aliphatic hydroxyl groups is 1. The number of hydrogen-bond donors (Lipinski definition) is 3. The number of alkyl halides is 2. The van der Waals surface area contributed by atoms with Crippen LogP contribution in [0.25, 0.3) is 0 Å². The normalized spacial score (nSPS) is 23.2. The number of aliphatic hydroxyl groups excluding tert-OH is 1. The van der Waals surface area contributed by atoms with E-state index in [0.29, 0.717) is 0 Å². The Balaban J connectivity index is 1.83. The first-order chi connectivity index (χ1) is 17.4. The Morgan fingerprint density at radius 2 is 2.00 bits per heavy atom. The first kappa shape index (κ1) is 29.5. The lowest BCUT2D eigenvalue weighted by Gasteiger charge is -2.25. The summed E-state index contributed by atoms with van der Waals surface area (Å²) in [5.41, 5.74) is -1.38. The Labute approximate surface area is 228 Å². The van der Waals surface area contributed by atoms with Crippen molar-refractivity contribution in [2.24, 2.45) is 0 Å². The number of hydrogen-bond acceptors (Lipinski definition) is 9. The Morgan fingerprint density at radius 1 is 1.32 bits per heavy atom. The third-order valence-corrected chi connectivity index (χ3v) is 8.26. The van der Waals surface area contributed by atoms with E-state index in [4.69, 9.17) is 18.5 Å². The van der Waals surface area contributed by atoms with Gasteiger partial charge in [0.05, 0.1) is 12.7 Å². The van der Waals surface area contributed by atoms with Crippen molar-refractivity contribution in [2.75, 3.05) is 6.61 Å². The number of ether oxygens (including phenoxy) is 2. The van der Waals surface area contributed by atoms with E-state index in [-0.39, 0.29) is 5.75 Å². The Morgan fingerprint density at radius 3 is 2.59 bits per heavy atom. The van der Waals surface area contributed by atoms with Gasteiger partial charge in [0.25, 0.3) is 5.56 Å². The first-order valence-electron chi connectivity index (χ1n) is 11.0. The molecule has 0 aliphatic carbocycles. The SMILES string of the molecule is C=C[C@H](N[P@](=O)(OC[C@H]1O[C@@H](n2ccc(=O)[nH]c2=O)C(Br)(Br)[C@@H]1O)Oc1ccccc1)C(=O)OC(C)C. The predicted octanol–water partition coefficient (Wildman–Crippen LogP) is 2.58. The maximum Gasteiger partial charge on any atom is 0.459 e. The van der Waals surface area contributed by atoms with Crippen LogP contribution in [0, 0.1) is 0 Å². The molecule has 1 saturated heterocycles. The lowest BCUT2D eigenvalue weighted by Crippen LogP contribution is -2.41. The molecular weight excluding hydrogens is 641 g/mol. The van der Waals surface area contributed by atoms with E-state index in [9.17, 15) is 24.1 Å². The van der Waals surface area contributed by atoms with Crippen LogP contribution >= 0.6 is 39.6 Å². The highest BCUT2D eigenvalue weighted by Gasteiger charge is 2.55. The Kier molecular flexibility index (Phi) is 9.73. The zero-order valence-corrected chi connectivity index (χ0v) is 23.8.